The van der Waals surface area contributed by atoms with Crippen LogP contribution in [0.5, 0.6) is 0 Å². The van der Waals surface area contributed by atoms with E-state index in [1.165, 1.54) is 25.6 Å². The molecule has 6 nitrogen and oxygen atoms in total. The largest absolute Gasteiger partial charge is 0.465 e. The second-order valence-corrected chi connectivity index (χ2v) is 6.35. The lowest BCUT2D eigenvalue weighted by Gasteiger charge is -2.25. The Balaban J connectivity index is 2.10. The van der Waals surface area contributed by atoms with Gasteiger partial charge in [0.2, 0.25) is 11.5 Å². The van der Waals surface area contributed by atoms with E-state index in [1.54, 1.807) is 13.1 Å². The van der Waals surface area contributed by atoms with Crippen molar-refractivity contribution in [1.29, 1.82) is 0 Å². The second-order valence-electron chi connectivity index (χ2n) is 5.18. The Hall–Kier alpha value is -1.86. The standard InChI is InChI=1S/C16H19NO5S/c1-10(18)21-6-7-23-13-4-5-14-12(8-13)9-16(17-3,15(14)20)22-11(2)19/h4-5,8,17H,6-7,9H2,1-3H3. The molecule has 1 unspecified atom stereocenters. The highest BCUT2D eigenvalue weighted by Gasteiger charge is 2.47. The number of hydrogen-bond acceptors (Lipinski definition) is 7. The predicted octanol–water partition coefficient (Wildman–Crippen LogP) is 1.56. The highest BCUT2D eigenvalue weighted by Crippen LogP contribution is 2.33. The molecule has 23 heavy (non-hydrogen) atoms. The molecule has 0 heterocycles. The van der Waals surface area contributed by atoms with Gasteiger partial charge in [0.15, 0.2) is 0 Å². The second kappa shape index (κ2) is 7.14. The molecule has 2 rings (SSSR count). The average Bonchev–Trinajstić information content (AvgIpc) is 2.75. The van der Waals surface area contributed by atoms with Crippen molar-refractivity contribution < 1.29 is 23.9 Å². The lowest BCUT2D eigenvalue weighted by atomic mass is 10.1. The number of likely N-dealkylation sites (N-methyl/N-ethyl adjacent to an activating group) is 1. The number of thioether (sulfide) groups is 1. The summed E-state index contributed by atoms with van der Waals surface area (Å²) in [6.45, 7) is 2.99. The van der Waals surface area contributed by atoms with Crippen molar-refractivity contribution in [3.8, 4) is 0 Å². The molecule has 0 aromatic heterocycles. The van der Waals surface area contributed by atoms with E-state index >= 15 is 0 Å². The number of carbonyl (C=O) groups is 3. The molecule has 124 valence electrons. The minimum atomic E-state index is -1.31. The number of fused-ring (bicyclic) bond motifs is 1. The van der Waals surface area contributed by atoms with Crippen LogP contribution in [0.3, 0.4) is 0 Å². The van der Waals surface area contributed by atoms with Crippen LogP contribution >= 0.6 is 11.8 Å². The maximum Gasteiger partial charge on any atom is 0.304 e. The summed E-state index contributed by atoms with van der Waals surface area (Å²) >= 11 is 1.53. The van der Waals surface area contributed by atoms with Gasteiger partial charge in [-0.25, -0.2) is 0 Å². The lowest BCUT2D eigenvalue weighted by molar-refractivity contribution is -0.154. The number of carbonyl (C=O) groups excluding carboxylic acids is 3. The zero-order chi connectivity index (χ0) is 17.0. The molecule has 0 saturated carbocycles. The molecule has 0 spiro atoms. The molecule has 1 aliphatic carbocycles. The zero-order valence-electron chi connectivity index (χ0n) is 13.3. The molecule has 7 heteroatoms. The summed E-state index contributed by atoms with van der Waals surface area (Å²) in [5.41, 5.74) is 0.0860. The first-order chi connectivity index (χ1) is 10.9. The number of benzene rings is 1. The molecule has 1 N–H and O–H groups in total. The van der Waals surface area contributed by atoms with Gasteiger partial charge in [0.25, 0.3) is 0 Å². The van der Waals surface area contributed by atoms with Gasteiger partial charge < -0.3 is 9.47 Å². The lowest BCUT2D eigenvalue weighted by Crippen LogP contribution is -2.52. The van der Waals surface area contributed by atoms with Gasteiger partial charge in [-0.3, -0.25) is 19.7 Å². The smallest absolute Gasteiger partial charge is 0.304 e. The van der Waals surface area contributed by atoms with Crippen LogP contribution in [0.2, 0.25) is 0 Å². The van der Waals surface area contributed by atoms with E-state index in [-0.39, 0.29) is 11.8 Å². The van der Waals surface area contributed by atoms with Crippen molar-refractivity contribution in [3.05, 3.63) is 29.3 Å². The number of esters is 2. The van der Waals surface area contributed by atoms with Crippen LogP contribution in [-0.4, -0.2) is 42.9 Å². The van der Waals surface area contributed by atoms with Crippen molar-refractivity contribution in [2.75, 3.05) is 19.4 Å². The first kappa shape index (κ1) is 17.5. The van der Waals surface area contributed by atoms with Gasteiger partial charge in [-0.15, -0.1) is 11.8 Å². The third kappa shape index (κ3) is 3.92. The predicted molar refractivity (Wildman–Crippen MR) is 85.4 cm³/mol. The van der Waals surface area contributed by atoms with Gasteiger partial charge in [-0.2, -0.15) is 0 Å². The Morgan fingerprint density at radius 1 is 1.30 bits per heavy atom. The van der Waals surface area contributed by atoms with Crippen molar-refractivity contribution in [2.45, 2.75) is 30.9 Å². The molecule has 1 aromatic carbocycles. The molecule has 0 radical (unpaired) electrons. The minimum absolute atomic E-state index is 0.235. The number of nitrogens with one attached hydrogen (secondary N) is 1. The van der Waals surface area contributed by atoms with Crippen molar-refractivity contribution in [2.24, 2.45) is 0 Å². The zero-order valence-corrected chi connectivity index (χ0v) is 14.1. The summed E-state index contributed by atoms with van der Waals surface area (Å²) in [5.74, 6) is -0.406. The average molecular weight is 337 g/mol. The van der Waals surface area contributed by atoms with Crippen LogP contribution in [0.25, 0.3) is 0 Å². The number of rotatable bonds is 6. The first-order valence-electron chi connectivity index (χ1n) is 7.20. The SMILES string of the molecule is CNC1(OC(C)=O)Cc2cc(SCCOC(C)=O)ccc2C1=O. The molecule has 1 aromatic rings. The molecule has 0 aliphatic heterocycles. The molecule has 1 atom stereocenters. The van der Waals surface area contributed by atoms with Crippen LogP contribution in [0, 0.1) is 0 Å². The highest BCUT2D eigenvalue weighted by molar-refractivity contribution is 7.99. The molecule has 0 bridgehead atoms. The summed E-state index contributed by atoms with van der Waals surface area (Å²) in [5, 5.41) is 2.83. The molecule has 0 fully saturated rings. The van der Waals surface area contributed by atoms with E-state index in [9.17, 15) is 14.4 Å². The number of ketones is 1. The third-order valence-corrected chi connectivity index (χ3v) is 4.46. The number of Topliss-reactive ketones (excluding diaryl/α,β-unsaturated/α-hetero) is 1. The maximum atomic E-state index is 12.5. The van der Waals surface area contributed by atoms with Gasteiger partial charge in [0.1, 0.15) is 6.61 Å². The topological polar surface area (TPSA) is 81.7 Å². The van der Waals surface area contributed by atoms with Crippen LogP contribution in [-0.2, 0) is 25.5 Å². The van der Waals surface area contributed by atoms with Crippen LogP contribution < -0.4 is 5.32 Å². The summed E-state index contributed by atoms with van der Waals surface area (Å²) in [6.07, 6.45) is 0.301. The molecule has 1 aliphatic rings. The first-order valence-corrected chi connectivity index (χ1v) is 8.19. The van der Waals surface area contributed by atoms with E-state index in [0.29, 0.717) is 24.3 Å². The Bertz CT molecular complexity index is 645. The van der Waals surface area contributed by atoms with Gasteiger partial charge in [-0.1, -0.05) is 0 Å². The highest BCUT2D eigenvalue weighted by atomic mass is 32.2. The molecular weight excluding hydrogens is 318 g/mol. The fourth-order valence-corrected chi connectivity index (χ4v) is 3.31. The van der Waals surface area contributed by atoms with Crippen LogP contribution in [0.1, 0.15) is 29.8 Å². The molecular formula is C16H19NO5S. The minimum Gasteiger partial charge on any atom is -0.465 e. The van der Waals surface area contributed by atoms with Crippen molar-refractivity contribution in [1.82, 2.24) is 5.32 Å². The maximum absolute atomic E-state index is 12.5. The van der Waals surface area contributed by atoms with Gasteiger partial charge in [0.05, 0.1) is 0 Å². The Labute approximate surface area is 138 Å². The van der Waals surface area contributed by atoms with E-state index < -0.39 is 11.7 Å². The Morgan fingerprint density at radius 2 is 2.04 bits per heavy atom. The Morgan fingerprint density at radius 3 is 2.65 bits per heavy atom. The van der Waals surface area contributed by atoms with Gasteiger partial charge in [-0.05, 0) is 30.8 Å². The number of ether oxygens (including phenoxy) is 2. The fourth-order valence-electron chi connectivity index (χ4n) is 2.52. The summed E-state index contributed by atoms with van der Waals surface area (Å²) in [4.78, 5) is 35.5. The summed E-state index contributed by atoms with van der Waals surface area (Å²) in [7, 11) is 1.60. The quantitative estimate of drug-likeness (QED) is 0.365. The van der Waals surface area contributed by atoms with Crippen LogP contribution in [0.4, 0.5) is 0 Å². The van der Waals surface area contributed by atoms with Crippen molar-refractivity contribution >= 4 is 29.5 Å². The summed E-state index contributed by atoms with van der Waals surface area (Å²) < 4.78 is 10.1. The molecule has 0 amide bonds. The van der Waals surface area contributed by atoms with E-state index in [1.807, 2.05) is 12.1 Å². The Kier molecular flexibility index (Phi) is 5.43. The third-order valence-electron chi connectivity index (χ3n) is 3.51. The van der Waals surface area contributed by atoms with E-state index in [2.05, 4.69) is 5.32 Å². The van der Waals surface area contributed by atoms with E-state index in [4.69, 9.17) is 9.47 Å². The van der Waals surface area contributed by atoms with Gasteiger partial charge in [0, 0.05) is 36.5 Å². The van der Waals surface area contributed by atoms with Crippen molar-refractivity contribution in [3.63, 3.8) is 0 Å². The monoisotopic (exact) mass is 337 g/mol. The van der Waals surface area contributed by atoms with E-state index in [0.717, 1.165) is 10.5 Å². The summed E-state index contributed by atoms with van der Waals surface area (Å²) in [6, 6.07) is 5.50. The normalized spacial score (nSPS) is 19.3. The van der Waals surface area contributed by atoms with Crippen LogP contribution in [0.15, 0.2) is 23.1 Å². The molecule has 0 saturated heterocycles. The number of hydrogen-bond donors (Lipinski definition) is 1. The van der Waals surface area contributed by atoms with Gasteiger partial charge >= 0.3 is 11.9 Å². The fraction of sp³-hybridized carbons (Fsp3) is 0.438.